The van der Waals surface area contributed by atoms with Crippen LogP contribution in [0, 0.1) is 5.92 Å². The van der Waals surface area contributed by atoms with E-state index < -0.39 is 0 Å². The molecule has 2 fully saturated rings. The van der Waals surface area contributed by atoms with Gasteiger partial charge in [0.15, 0.2) is 5.82 Å². The number of nitrogens with zero attached hydrogens (tertiary/aromatic N) is 4. The van der Waals surface area contributed by atoms with Gasteiger partial charge in [0.05, 0.1) is 12.1 Å². The summed E-state index contributed by atoms with van der Waals surface area (Å²) >= 11 is 0. The molecule has 0 spiro atoms. The average molecular weight is 377 g/mol. The molecule has 8 heteroatoms. The molecular weight excluding hydrogens is 354 g/mol. The second-order valence-electron chi connectivity index (χ2n) is 7.70. The summed E-state index contributed by atoms with van der Waals surface area (Å²) in [6.07, 6.45) is 6.21. The lowest BCUT2D eigenvalue weighted by molar-refractivity contribution is -0.119. The second kappa shape index (κ2) is 6.87. The van der Waals surface area contributed by atoms with E-state index in [0.717, 1.165) is 29.2 Å². The highest BCUT2D eigenvalue weighted by molar-refractivity contribution is 5.93. The van der Waals surface area contributed by atoms with Crippen molar-refractivity contribution < 1.29 is 4.79 Å². The summed E-state index contributed by atoms with van der Waals surface area (Å²) < 4.78 is 1.78. The quantitative estimate of drug-likeness (QED) is 0.632. The Labute approximate surface area is 162 Å². The molecule has 0 unspecified atom stereocenters. The summed E-state index contributed by atoms with van der Waals surface area (Å²) in [7, 11) is 1.89. The number of carbonyl (C=O) groups is 1. The maximum Gasteiger partial charge on any atom is 0.229 e. The van der Waals surface area contributed by atoms with Gasteiger partial charge in [0.1, 0.15) is 5.82 Å². The molecule has 0 radical (unpaired) electrons. The second-order valence-corrected chi connectivity index (χ2v) is 7.70. The highest BCUT2D eigenvalue weighted by Gasteiger charge is 2.34. The van der Waals surface area contributed by atoms with E-state index in [0.29, 0.717) is 18.3 Å². The van der Waals surface area contributed by atoms with Crippen molar-refractivity contribution in [2.24, 2.45) is 13.0 Å². The number of aryl methyl sites for hydroxylation is 1. The highest BCUT2D eigenvalue weighted by atomic mass is 16.2. The van der Waals surface area contributed by atoms with Crippen LogP contribution < -0.4 is 10.6 Å². The van der Waals surface area contributed by atoms with Gasteiger partial charge in [-0.25, -0.2) is 4.98 Å². The molecule has 3 aromatic rings. The first-order valence-corrected chi connectivity index (χ1v) is 9.70. The van der Waals surface area contributed by atoms with Crippen molar-refractivity contribution in [2.75, 3.05) is 18.4 Å². The molecular formula is C20H23N7O. The Kier molecular flexibility index (Phi) is 4.20. The number of amides is 1. The number of carbonyl (C=O) groups excluding carboxylic acids is 1. The van der Waals surface area contributed by atoms with Crippen LogP contribution in [-0.2, 0) is 11.8 Å². The van der Waals surface area contributed by atoms with Crippen LogP contribution in [0.4, 0.5) is 5.69 Å². The minimum atomic E-state index is -0.113. The van der Waals surface area contributed by atoms with Crippen molar-refractivity contribution in [1.82, 2.24) is 30.3 Å². The summed E-state index contributed by atoms with van der Waals surface area (Å²) in [5, 5.41) is 17.9. The molecule has 2 aromatic heterocycles. The predicted octanol–water partition coefficient (Wildman–Crippen LogP) is 2.02. The van der Waals surface area contributed by atoms with Crippen LogP contribution in [0.3, 0.4) is 0 Å². The lowest BCUT2D eigenvalue weighted by Crippen LogP contribution is -2.28. The number of hydrogen-bond acceptors (Lipinski definition) is 5. The molecule has 0 bridgehead atoms. The Morgan fingerprint density at radius 2 is 2.04 bits per heavy atom. The van der Waals surface area contributed by atoms with Gasteiger partial charge >= 0.3 is 0 Å². The van der Waals surface area contributed by atoms with Crippen LogP contribution in [-0.4, -0.2) is 44.0 Å². The molecule has 1 aliphatic heterocycles. The maximum atomic E-state index is 12.8. The Morgan fingerprint density at radius 1 is 1.21 bits per heavy atom. The number of anilines is 1. The largest absolute Gasteiger partial charge is 0.326 e. The van der Waals surface area contributed by atoms with Gasteiger partial charge < -0.3 is 10.6 Å². The Balaban J connectivity index is 1.26. The van der Waals surface area contributed by atoms with Gasteiger partial charge in [0.25, 0.3) is 0 Å². The summed E-state index contributed by atoms with van der Waals surface area (Å²) in [4.78, 5) is 17.4. The van der Waals surface area contributed by atoms with Gasteiger partial charge in [-0.1, -0.05) is 0 Å². The lowest BCUT2D eigenvalue weighted by Gasteiger charge is -2.17. The third-order valence-corrected chi connectivity index (χ3v) is 5.58. The molecule has 1 saturated heterocycles. The summed E-state index contributed by atoms with van der Waals surface area (Å²) in [6, 6.07) is 7.70. The topological polar surface area (TPSA) is 101 Å². The van der Waals surface area contributed by atoms with Gasteiger partial charge in [-0.15, -0.1) is 0 Å². The van der Waals surface area contributed by atoms with E-state index in [9.17, 15) is 4.79 Å². The minimum Gasteiger partial charge on any atom is -0.326 e. The molecule has 28 heavy (non-hydrogen) atoms. The van der Waals surface area contributed by atoms with Crippen molar-refractivity contribution in [3.8, 4) is 11.4 Å². The number of benzene rings is 1. The van der Waals surface area contributed by atoms with Crippen LogP contribution >= 0.6 is 0 Å². The van der Waals surface area contributed by atoms with E-state index in [1.54, 1.807) is 4.68 Å². The Bertz CT molecular complexity index is 986. The van der Waals surface area contributed by atoms with Crippen LogP contribution in [0.2, 0.25) is 0 Å². The molecule has 1 amide bonds. The first-order valence-electron chi connectivity index (χ1n) is 9.70. The predicted molar refractivity (Wildman–Crippen MR) is 105 cm³/mol. The van der Waals surface area contributed by atoms with Gasteiger partial charge in [-0.2, -0.15) is 10.2 Å². The number of nitrogens with one attached hydrogen (secondary N) is 3. The van der Waals surface area contributed by atoms with Crippen molar-refractivity contribution >= 4 is 11.6 Å². The van der Waals surface area contributed by atoms with Crippen molar-refractivity contribution in [3.63, 3.8) is 0 Å². The number of aromatic nitrogens is 5. The fourth-order valence-electron chi connectivity index (χ4n) is 3.82. The van der Waals surface area contributed by atoms with Crippen LogP contribution in [0.25, 0.3) is 11.4 Å². The average Bonchev–Trinajstić information content (AvgIpc) is 3.11. The van der Waals surface area contributed by atoms with Crippen molar-refractivity contribution in [3.05, 3.63) is 48.0 Å². The highest BCUT2D eigenvalue weighted by Crippen LogP contribution is 2.38. The Hall–Kier alpha value is -3.00. The maximum absolute atomic E-state index is 12.8. The fourth-order valence-corrected chi connectivity index (χ4v) is 3.82. The minimum absolute atomic E-state index is 0.0283. The summed E-state index contributed by atoms with van der Waals surface area (Å²) in [6.45, 7) is 1.46. The summed E-state index contributed by atoms with van der Waals surface area (Å²) in [5.74, 6) is 2.28. The van der Waals surface area contributed by atoms with Crippen LogP contribution in [0.1, 0.15) is 36.1 Å². The lowest BCUT2D eigenvalue weighted by atomic mass is 9.90. The first kappa shape index (κ1) is 17.1. The van der Waals surface area contributed by atoms with E-state index in [2.05, 4.69) is 30.9 Å². The summed E-state index contributed by atoms with van der Waals surface area (Å²) in [5.41, 5.74) is 2.82. The van der Waals surface area contributed by atoms with Crippen LogP contribution in [0.5, 0.6) is 0 Å². The Morgan fingerprint density at radius 3 is 2.75 bits per heavy atom. The number of H-pyrrole nitrogens is 1. The molecule has 5 rings (SSSR count). The van der Waals surface area contributed by atoms with Gasteiger partial charge in [0, 0.05) is 49.4 Å². The van der Waals surface area contributed by atoms with E-state index in [4.69, 9.17) is 0 Å². The molecule has 144 valence electrons. The molecule has 3 heterocycles. The van der Waals surface area contributed by atoms with Gasteiger partial charge in [0.2, 0.25) is 5.91 Å². The van der Waals surface area contributed by atoms with Crippen molar-refractivity contribution in [1.29, 1.82) is 0 Å². The third kappa shape index (κ3) is 3.31. The van der Waals surface area contributed by atoms with E-state index in [-0.39, 0.29) is 17.7 Å². The molecule has 2 atom stereocenters. The zero-order valence-corrected chi connectivity index (χ0v) is 15.7. The SMILES string of the molecule is Cn1cc([C@H]2CNC[C@@H]2C(=O)Nc2ccc(-c3n[nH]c(C4CC4)n3)cc2)cn1. The number of rotatable bonds is 5. The van der Waals surface area contributed by atoms with Gasteiger partial charge in [-0.3, -0.25) is 14.6 Å². The standard InChI is InChI=1S/C20H23N7O/c1-27-11-14(8-22-27)16-9-21-10-17(16)20(28)23-15-6-4-13(5-7-15)19-24-18(25-26-19)12-2-3-12/h4-8,11-12,16-17,21H,2-3,9-10H2,1H3,(H,23,28)(H,24,25,26)/t16-,17+/m1/s1. The fraction of sp³-hybridized carbons (Fsp3) is 0.400. The molecule has 2 aliphatic rings. The number of aromatic amines is 1. The first-order chi connectivity index (χ1) is 13.7. The normalized spacial score (nSPS) is 21.8. The third-order valence-electron chi connectivity index (χ3n) is 5.58. The van der Waals surface area contributed by atoms with Crippen LogP contribution in [0.15, 0.2) is 36.7 Å². The van der Waals surface area contributed by atoms with E-state index in [1.165, 1.54) is 12.8 Å². The van der Waals surface area contributed by atoms with E-state index >= 15 is 0 Å². The zero-order chi connectivity index (χ0) is 19.1. The molecule has 8 nitrogen and oxygen atoms in total. The smallest absolute Gasteiger partial charge is 0.229 e. The zero-order valence-electron chi connectivity index (χ0n) is 15.7. The molecule has 1 aliphatic carbocycles. The molecule has 1 aromatic carbocycles. The number of hydrogen-bond donors (Lipinski definition) is 3. The molecule has 3 N–H and O–H groups in total. The van der Waals surface area contributed by atoms with Gasteiger partial charge in [-0.05, 0) is 42.7 Å². The van der Waals surface area contributed by atoms with Crippen molar-refractivity contribution in [2.45, 2.75) is 24.7 Å². The molecule has 1 saturated carbocycles. The van der Waals surface area contributed by atoms with E-state index in [1.807, 2.05) is 43.7 Å². The monoisotopic (exact) mass is 377 g/mol.